The quantitative estimate of drug-likeness (QED) is 0.362. The van der Waals surface area contributed by atoms with Crippen molar-refractivity contribution in [1.82, 2.24) is 0 Å². The number of unbranched alkanes of at least 4 members (excludes halogenated alkanes) is 1. The SMILES string of the molecule is CO[C@H](/C=C/[C@@H]1[C@@H](C/C=C\CCCC(=O)O)[C@@H](O)C[C@H]1O)CCc1ccsc1. The zero-order valence-electron chi connectivity index (χ0n) is 16.4. The molecule has 6 heteroatoms. The van der Waals surface area contributed by atoms with Gasteiger partial charge in [-0.2, -0.15) is 11.3 Å². The van der Waals surface area contributed by atoms with Gasteiger partial charge in [0.15, 0.2) is 0 Å². The molecule has 3 N–H and O–H groups in total. The molecule has 156 valence electrons. The number of hydrogen-bond acceptors (Lipinski definition) is 5. The zero-order valence-corrected chi connectivity index (χ0v) is 17.3. The maximum Gasteiger partial charge on any atom is 0.303 e. The Labute approximate surface area is 171 Å². The number of ether oxygens (including phenoxy) is 1. The number of allylic oxidation sites excluding steroid dienone is 2. The summed E-state index contributed by atoms with van der Waals surface area (Å²) < 4.78 is 5.56. The predicted octanol–water partition coefficient (Wildman–Crippen LogP) is 3.81. The molecule has 0 unspecified atom stereocenters. The molecule has 0 radical (unpaired) electrons. The summed E-state index contributed by atoms with van der Waals surface area (Å²) in [5.41, 5.74) is 1.31. The van der Waals surface area contributed by atoms with E-state index in [-0.39, 0.29) is 24.4 Å². The fraction of sp³-hybridized carbons (Fsp3) is 0.591. The largest absolute Gasteiger partial charge is 0.481 e. The van der Waals surface area contributed by atoms with Crippen molar-refractivity contribution < 1.29 is 24.9 Å². The Bertz CT molecular complexity index is 625. The van der Waals surface area contributed by atoms with E-state index in [0.29, 0.717) is 25.7 Å². The molecule has 1 saturated carbocycles. The Balaban J connectivity index is 1.85. The number of thiophene rings is 1. The lowest BCUT2D eigenvalue weighted by Gasteiger charge is -2.20. The number of rotatable bonds is 12. The lowest BCUT2D eigenvalue weighted by Crippen LogP contribution is -2.20. The molecule has 0 saturated heterocycles. The molecule has 1 aromatic rings. The molecule has 0 spiro atoms. The Morgan fingerprint density at radius 2 is 2.18 bits per heavy atom. The van der Waals surface area contributed by atoms with Gasteiger partial charge in [-0.1, -0.05) is 24.3 Å². The van der Waals surface area contributed by atoms with Gasteiger partial charge in [-0.15, -0.1) is 0 Å². The van der Waals surface area contributed by atoms with E-state index in [9.17, 15) is 15.0 Å². The minimum absolute atomic E-state index is 0.0166. The van der Waals surface area contributed by atoms with Crippen LogP contribution in [-0.4, -0.2) is 46.7 Å². The number of carboxylic acid groups (broad SMARTS) is 1. The molecule has 1 heterocycles. The summed E-state index contributed by atoms with van der Waals surface area (Å²) >= 11 is 1.69. The smallest absolute Gasteiger partial charge is 0.303 e. The van der Waals surface area contributed by atoms with Crippen LogP contribution < -0.4 is 0 Å². The molecule has 0 aromatic carbocycles. The summed E-state index contributed by atoms with van der Waals surface area (Å²) in [5.74, 6) is -0.909. The highest BCUT2D eigenvalue weighted by atomic mass is 32.1. The van der Waals surface area contributed by atoms with Crippen molar-refractivity contribution in [1.29, 1.82) is 0 Å². The van der Waals surface area contributed by atoms with Crippen LogP contribution in [0.4, 0.5) is 0 Å². The first kappa shape index (κ1) is 22.8. The molecular weight excluding hydrogens is 376 g/mol. The Hall–Kier alpha value is -1.47. The molecule has 2 rings (SSSR count). The van der Waals surface area contributed by atoms with Gasteiger partial charge in [0.2, 0.25) is 0 Å². The first-order valence-electron chi connectivity index (χ1n) is 9.96. The van der Waals surface area contributed by atoms with Crippen molar-refractivity contribution in [3.05, 3.63) is 46.7 Å². The third kappa shape index (κ3) is 7.51. The van der Waals surface area contributed by atoms with Gasteiger partial charge in [-0.25, -0.2) is 0 Å². The first-order valence-corrected chi connectivity index (χ1v) is 10.9. The van der Waals surface area contributed by atoms with Crippen molar-refractivity contribution in [2.45, 2.75) is 63.3 Å². The monoisotopic (exact) mass is 408 g/mol. The number of aliphatic carboxylic acids is 1. The summed E-state index contributed by atoms with van der Waals surface area (Å²) in [6, 6.07) is 2.12. The first-order chi connectivity index (χ1) is 13.5. The van der Waals surface area contributed by atoms with E-state index < -0.39 is 18.2 Å². The fourth-order valence-corrected chi connectivity index (χ4v) is 4.44. The standard InChI is InChI=1S/C22H32O5S/c1-27-17(9-8-16-12-13-28-15-16)10-11-19-18(20(23)14-21(19)24)6-4-2-3-5-7-22(25)26/h2,4,10-13,15,17-21,23-24H,3,5-9,14H2,1H3,(H,25,26)/b4-2-,11-10+/t17-,18+,19+,20-,21+/m0/s1. The van der Waals surface area contributed by atoms with Crippen LogP contribution in [0.2, 0.25) is 0 Å². The van der Waals surface area contributed by atoms with Crippen LogP contribution in [0.25, 0.3) is 0 Å². The van der Waals surface area contributed by atoms with Crippen LogP contribution in [-0.2, 0) is 16.0 Å². The molecule has 1 aromatic heterocycles. The van der Waals surface area contributed by atoms with E-state index in [1.807, 2.05) is 24.3 Å². The van der Waals surface area contributed by atoms with Gasteiger partial charge in [0.05, 0.1) is 18.3 Å². The van der Waals surface area contributed by atoms with E-state index in [1.165, 1.54) is 5.56 Å². The van der Waals surface area contributed by atoms with Crippen LogP contribution in [0.15, 0.2) is 41.1 Å². The summed E-state index contributed by atoms with van der Waals surface area (Å²) in [6.45, 7) is 0. The van der Waals surface area contributed by atoms with Crippen molar-refractivity contribution >= 4 is 17.3 Å². The van der Waals surface area contributed by atoms with E-state index in [1.54, 1.807) is 18.4 Å². The van der Waals surface area contributed by atoms with Crippen molar-refractivity contribution in [2.75, 3.05) is 7.11 Å². The second-order valence-electron chi connectivity index (χ2n) is 7.43. The molecule has 1 aliphatic carbocycles. The van der Waals surface area contributed by atoms with Gasteiger partial charge < -0.3 is 20.1 Å². The van der Waals surface area contributed by atoms with Gasteiger partial charge in [0.25, 0.3) is 0 Å². The van der Waals surface area contributed by atoms with Crippen LogP contribution in [0, 0.1) is 11.8 Å². The van der Waals surface area contributed by atoms with E-state index in [2.05, 4.69) is 16.8 Å². The van der Waals surface area contributed by atoms with Crippen molar-refractivity contribution in [3.8, 4) is 0 Å². The summed E-state index contributed by atoms with van der Waals surface area (Å²) in [6.07, 6.45) is 11.3. The zero-order chi connectivity index (χ0) is 20.4. The number of aryl methyl sites for hydroxylation is 1. The van der Waals surface area contributed by atoms with E-state index in [4.69, 9.17) is 9.84 Å². The molecule has 0 aliphatic heterocycles. The second-order valence-corrected chi connectivity index (χ2v) is 8.21. The van der Waals surface area contributed by atoms with Gasteiger partial charge >= 0.3 is 5.97 Å². The third-order valence-electron chi connectivity index (χ3n) is 5.40. The second kappa shape index (κ2) is 12.2. The van der Waals surface area contributed by atoms with Crippen LogP contribution in [0.1, 0.15) is 44.1 Å². The number of carboxylic acids is 1. The Kier molecular flexibility index (Phi) is 9.92. The molecule has 0 amide bonds. The average molecular weight is 409 g/mol. The van der Waals surface area contributed by atoms with Crippen LogP contribution >= 0.6 is 11.3 Å². The predicted molar refractivity (Wildman–Crippen MR) is 111 cm³/mol. The molecule has 5 nitrogen and oxygen atoms in total. The molecule has 0 bridgehead atoms. The molecule has 1 aliphatic rings. The fourth-order valence-electron chi connectivity index (χ4n) is 3.74. The van der Waals surface area contributed by atoms with Crippen molar-refractivity contribution in [2.24, 2.45) is 11.8 Å². The summed E-state index contributed by atoms with van der Waals surface area (Å²) in [5, 5.41) is 33.6. The summed E-state index contributed by atoms with van der Waals surface area (Å²) in [4.78, 5) is 10.5. The number of aliphatic hydroxyl groups excluding tert-OH is 2. The average Bonchev–Trinajstić information content (AvgIpc) is 3.26. The highest BCUT2D eigenvalue weighted by molar-refractivity contribution is 7.07. The maximum absolute atomic E-state index is 10.5. The van der Waals surface area contributed by atoms with Crippen molar-refractivity contribution in [3.63, 3.8) is 0 Å². The lowest BCUT2D eigenvalue weighted by atomic mass is 9.89. The topological polar surface area (TPSA) is 87.0 Å². The van der Waals surface area contributed by atoms with E-state index in [0.717, 1.165) is 12.8 Å². The van der Waals surface area contributed by atoms with Gasteiger partial charge in [0, 0.05) is 25.9 Å². The number of aliphatic hydroxyl groups is 2. The highest BCUT2D eigenvalue weighted by Gasteiger charge is 2.39. The molecular formula is C22H32O5S. The normalized spacial score (nSPS) is 26.4. The maximum atomic E-state index is 10.5. The minimum Gasteiger partial charge on any atom is -0.481 e. The lowest BCUT2D eigenvalue weighted by molar-refractivity contribution is -0.137. The molecule has 28 heavy (non-hydrogen) atoms. The summed E-state index contributed by atoms with van der Waals surface area (Å²) in [7, 11) is 1.69. The number of hydrogen-bond donors (Lipinski definition) is 3. The third-order valence-corrected chi connectivity index (χ3v) is 6.13. The van der Waals surface area contributed by atoms with E-state index >= 15 is 0 Å². The number of methoxy groups -OCH3 is 1. The van der Waals surface area contributed by atoms with Gasteiger partial charge in [-0.05, 0) is 60.4 Å². The van der Waals surface area contributed by atoms with Gasteiger partial charge in [0.1, 0.15) is 0 Å². The highest BCUT2D eigenvalue weighted by Crippen LogP contribution is 2.36. The van der Waals surface area contributed by atoms with Crippen LogP contribution in [0.3, 0.4) is 0 Å². The van der Waals surface area contributed by atoms with Crippen LogP contribution in [0.5, 0.6) is 0 Å². The van der Waals surface area contributed by atoms with Gasteiger partial charge in [-0.3, -0.25) is 4.79 Å². The Morgan fingerprint density at radius 3 is 2.86 bits per heavy atom. The Morgan fingerprint density at radius 1 is 1.36 bits per heavy atom. The number of carbonyl (C=O) groups is 1. The minimum atomic E-state index is -0.778. The molecule has 1 fully saturated rings. The molecule has 5 atom stereocenters.